The molecule has 0 saturated carbocycles. The summed E-state index contributed by atoms with van der Waals surface area (Å²) >= 11 is 0. The van der Waals surface area contributed by atoms with Crippen molar-refractivity contribution in [1.29, 1.82) is 0 Å². The molecular formula is C26H35N3O. The predicted octanol–water partition coefficient (Wildman–Crippen LogP) is 6.91. The third kappa shape index (κ3) is 4.48. The Hall–Kier alpha value is -2.49. The zero-order valence-corrected chi connectivity index (χ0v) is 18.7. The fraction of sp³-hybridized carbons (Fsp3) is 0.500. The van der Waals surface area contributed by atoms with Crippen molar-refractivity contribution in [1.82, 2.24) is 9.55 Å². The molecule has 2 aliphatic rings. The van der Waals surface area contributed by atoms with Gasteiger partial charge in [0.1, 0.15) is 5.75 Å². The number of aromatic amines is 1. The predicted molar refractivity (Wildman–Crippen MR) is 126 cm³/mol. The van der Waals surface area contributed by atoms with Gasteiger partial charge in [-0.05, 0) is 61.5 Å². The first-order valence-electron chi connectivity index (χ1n) is 11.6. The molecule has 1 N–H and O–H groups in total. The van der Waals surface area contributed by atoms with Crippen molar-refractivity contribution in [3.63, 3.8) is 0 Å². The lowest BCUT2D eigenvalue weighted by Gasteiger charge is -2.19. The van der Waals surface area contributed by atoms with Crippen LogP contribution in [0, 0.1) is 5.92 Å². The van der Waals surface area contributed by atoms with Crippen LogP contribution < -0.4 is 4.74 Å². The summed E-state index contributed by atoms with van der Waals surface area (Å²) in [6.07, 6.45) is 18.1. The van der Waals surface area contributed by atoms with Crippen LogP contribution in [0.25, 0.3) is 17.5 Å². The number of aliphatic imine (C=N–C) groups is 1. The molecule has 1 aliphatic heterocycles. The number of H-pyrrole nitrogens is 1. The zero-order chi connectivity index (χ0) is 20.9. The van der Waals surface area contributed by atoms with Crippen LogP contribution in [-0.2, 0) is 7.05 Å². The van der Waals surface area contributed by atoms with Crippen LogP contribution in [-0.4, -0.2) is 22.4 Å². The lowest BCUT2D eigenvalue weighted by molar-refractivity contribution is 0.414. The molecule has 160 valence electrons. The SMILES string of the molecule is CCCCC1CCCCCCC2=NC(=Cc3[nH]c(-c4cccn4C)cc3OC)C1=C2. The largest absolute Gasteiger partial charge is 0.494 e. The number of fused-ring (bicyclic) bond motifs is 1. The van der Waals surface area contributed by atoms with Crippen LogP contribution >= 0.6 is 0 Å². The van der Waals surface area contributed by atoms with Gasteiger partial charge in [0.25, 0.3) is 0 Å². The molecule has 0 radical (unpaired) electrons. The van der Waals surface area contributed by atoms with Gasteiger partial charge in [0.15, 0.2) is 0 Å². The minimum Gasteiger partial charge on any atom is -0.494 e. The first-order valence-corrected chi connectivity index (χ1v) is 11.6. The number of allylic oxidation sites excluding steroid dienone is 2. The average Bonchev–Trinajstić information content (AvgIpc) is 3.45. The fourth-order valence-electron chi connectivity index (χ4n) is 4.78. The van der Waals surface area contributed by atoms with Gasteiger partial charge < -0.3 is 14.3 Å². The van der Waals surface area contributed by atoms with Gasteiger partial charge in [-0.1, -0.05) is 39.0 Å². The van der Waals surface area contributed by atoms with E-state index in [1.165, 1.54) is 62.7 Å². The highest BCUT2D eigenvalue weighted by molar-refractivity contribution is 6.00. The Morgan fingerprint density at radius 3 is 2.90 bits per heavy atom. The topological polar surface area (TPSA) is 42.3 Å². The quantitative estimate of drug-likeness (QED) is 0.557. The van der Waals surface area contributed by atoms with E-state index in [0.29, 0.717) is 5.92 Å². The molecule has 4 nitrogen and oxygen atoms in total. The van der Waals surface area contributed by atoms with Gasteiger partial charge >= 0.3 is 0 Å². The molecule has 1 unspecified atom stereocenters. The van der Waals surface area contributed by atoms with E-state index < -0.39 is 0 Å². The molecule has 1 aliphatic carbocycles. The van der Waals surface area contributed by atoms with Crippen LogP contribution in [0.1, 0.15) is 70.4 Å². The van der Waals surface area contributed by atoms with E-state index in [2.05, 4.69) is 60.1 Å². The highest BCUT2D eigenvalue weighted by Crippen LogP contribution is 2.38. The van der Waals surface area contributed by atoms with Gasteiger partial charge in [-0.25, -0.2) is 0 Å². The zero-order valence-electron chi connectivity index (χ0n) is 18.7. The third-order valence-electron chi connectivity index (χ3n) is 6.49. The standard InChI is InChI=1S/C26H35N3O/c1-4-5-11-19-12-8-6-7-9-13-20-16-21(19)22(27-20)17-24-26(30-3)18-23(28-24)25-14-10-15-29(25)2/h10,14-19,28H,4-9,11-13H2,1-3H3. The molecule has 2 bridgehead atoms. The molecular weight excluding hydrogens is 370 g/mol. The molecule has 0 spiro atoms. The molecule has 2 aromatic rings. The van der Waals surface area contributed by atoms with Crippen molar-refractivity contribution >= 4 is 11.8 Å². The second-order valence-electron chi connectivity index (χ2n) is 8.69. The number of unbranched alkanes of at least 4 members (excludes halogenated alkanes) is 1. The van der Waals surface area contributed by atoms with Crippen LogP contribution in [0.4, 0.5) is 0 Å². The second-order valence-corrected chi connectivity index (χ2v) is 8.69. The number of methoxy groups -OCH3 is 1. The summed E-state index contributed by atoms with van der Waals surface area (Å²) < 4.78 is 7.83. The number of nitrogens with one attached hydrogen (secondary N) is 1. The summed E-state index contributed by atoms with van der Waals surface area (Å²) in [7, 11) is 3.81. The van der Waals surface area contributed by atoms with Crippen LogP contribution in [0.2, 0.25) is 0 Å². The minimum atomic E-state index is 0.615. The number of aromatic nitrogens is 2. The van der Waals surface area contributed by atoms with Gasteiger partial charge in [0, 0.05) is 25.0 Å². The van der Waals surface area contributed by atoms with E-state index in [4.69, 9.17) is 9.73 Å². The second kappa shape index (κ2) is 9.55. The Balaban J connectivity index is 1.70. The van der Waals surface area contributed by atoms with Gasteiger partial charge in [-0.2, -0.15) is 0 Å². The molecule has 4 rings (SSSR count). The molecule has 3 heterocycles. The first kappa shape index (κ1) is 20.8. The van der Waals surface area contributed by atoms with Gasteiger partial charge in [-0.3, -0.25) is 4.99 Å². The van der Waals surface area contributed by atoms with E-state index in [-0.39, 0.29) is 0 Å². The number of hydrogen-bond donors (Lipinski definition) is 1. The van der Waals surface area contributed by atoms with Crippen molar-refractivity contribution in [2.45, 2.75) is 64.7 Å². The Labute approximate surface area is 180 Å². The summed E-state index contributed by atoms with van der Waals surface area (Å²) in [6.45, 7) is 2.29. The maximum atomic E-state index is 5.71. The highest BCUT2D eigenvalue weighted by atomic mass is 16.5. The summed E-state index contributed by atoms with van der Waals surface area (Å²) in [5, 5.41) is 0. The molecule has 0 fully saturated rings. The normalized spacial score (nSPS) is 20.9. The monoisotopic (exact) mass is 405 g/mol. The number of ether oxygens (including phenoxy) is 1. The van der Waals surface area contributed by atoms with Crippen LogP contribution in [0.5, 0.6) is 5.75 Å². The lowest BCUT2D eigenvalue weighted by Crippen LogP contribution is -2.06. The molecule has 1 atom stereocenters. The maximum absolute atomic E-state index is 5.71. The van der Waals surface area contributed by atoms with Crippen molar-refractivity contribution in [3.05, 3.63) is 47.4 Å². The Morgan fingerprint density at radius 2 is 2.13 bits per heavy atom. The van der Waals surface area contributed by atoms with E-state index in [9.17, 15) is 0 Å². The van der Waals surface area contributed by atoms with Crippen LogP contribution in [0.15, 0.2) is 46.7 Å². The molecule has 0 amide bonds. The van der Waals surface area contributed by atoms with E-state index in [0.717, 1.165) is 34.9 Å². The number of nitrogens with zero attached hydrogens (tertiary/aromatic N) is 2. The Morgan fingerprint density at radius 1 is 1.27 bits per heavy atom. The minimum absolute atomic E-state index is 0.615. The number of hydrogen-bond acceptors (Lipinski definition) is 2. The number of rotatable bonds is 6. The van der Waals surface area contributed by atoms with E-state index in [1.807, 2.05) is 0 Å². The molecule has 4 heteroatoms. The molecule has 30 heavy (non-hydrogen) atoms. The maximum Gasteiger partial charge on any atom is 0.144 e. The lowest BCUT2D eigenvalue weighted by atomic mass is 9.85. The number of aryl methyl sites for hydroxylation is 1. The molecule has 2 aromatic heterocycles. The first-order chi connectivity index (χ1) is 14.7. The smallest absolute Gasteiger partial charge is 0.144 e. The summed E-state index contributed by atoms with van der Waals surface area (Å²) in [5.41, 5.74) is 7.05. The Kier molecular flexibility index (Phi) is 6.61. The van der Waals surface area contributed by atoms with Gasteiger partial charge in [0.05, 0.1) is 29.9 Å². The molecule has 0 aromatic carbocycles. The fourth-order valence-corrected chi connectivity index (χ4v) is 4.78. The van der Waals surface area contributed by atoms with E-state index >= 15 is 0 Å². The van der Waals surface area contributed by atoms with Crippen molar-refractivity contribution < 1.29 is 4.74 Å². The third-order valence-corrected chi connectivity index (χ3v) is 6.49. The summed E-state index contributed by atoms with van der Waals surface area (Å²) in [6, 6.07) is 6.28. The molecule has 0 saturated heterocycles. The average molecular weight is 406 g/mol. The highest BCUT2D eigenvalue weighted by Gasteiger charge is 2.24. The summed E-state index contributed by atoms with van der Waals surface area (Å²) in [4.78, 5) is 8.65. The van der Waals surface area contributed by atoms with E-state index in [1.54, 1.807) is 7.11 Å². The van der Waals surface area contributed by atoms with Gasteiger partial charge in [-0.15, -0.1) is 0 Å². The van der Waals surface area contributed by atoms with Crippen molar-refractivity contribution in [2.75, 3.05) is 7.11 Å². The Bertz CT molecular complexity index is 957. The van der Waals surface area contributed by atoms with Gasteiger partial charge in [0.2, 0.25) is 0 Å². The van der Waals surface area contributed by atoms with Crippen molar-refractivity contribution in [3.8, 4) is 17.1 Å². The van der Waals surface area contributed by atoms with Crippen LogP contribution in [0.3, 0.4) is 0 Å². The summed E-state index contributed by atoms with van der Waals surface area (Å²) in [5.74, 6) is 1.49. The van der Waals surface area contributed by atoms with Crippen molar-refractivity contribution in [2.24, 2.45) is 18.0 Å².